The Morgan fingerprint density at radius 3 is 2.86 bits per heavy atom. The van der Waals surface area contributed by atoms with Crippen LogP contribution in [0, 0.1) is 10.1 Å². The molecule has 0 saturated heterocycles. The highest BCUT2D eigenvalue weighted by atomic mass is 32.1. The van der Waals surface area contributed by atoms with E-state index >= 15 is 0 Å². The van der Waals surface area contributed by atoms with Crippen LogP contribution in [0.25, 0.3) is 21.5 Å². The van der Waals surface area contributed by atoms with Gasteiger partial charge in [-0.3, -0.25) is 19.5 Å². The summed E-state index contributed by atoms with van der Waals surface area (Å²) in [5, 5.41) is 13.8. The molecule has 4 rings (SSSR count). The monoisotopic (exact) mass is 394 g/mol. The Kier molecular flexibility index (Phi) is 4.58. The van der Waals surface area contributed by atoms with Gasteiger partial charge in [-0.2, -0.15) is 0 Å². The van der Waals surface area contributed by atoms with Crippen LogP contribution in [-0.4, -0.2) is 26.6 Å². The molecule has 8 nitrogen and oxygen atoms in total. The summed E-state index contributed by atoms with van der Waals surface area (Å²) in [4.78, 5) is 32.0. The largest absolute Gasteiger partial charge is 0.496 e. The number of methoxy groups -OCH3 is 1. The molecule has 0 unspecified atom stereocenters. The molecule has 0 aliphatic rings. The molecular formula is C19H14N4O4S. The van der Waals surface area contributed by atoms with Crippen LogP contribution in [-0.2, 0) is 6.54 Å². The van der Waals surface area contributed by atoms with Gasteiger partial charge in [0, 0.05) is 17.5 Å². The van der Waals surface area contributed by atoms with E-state index in [9.17, 15) is 14.9 Å². The second-order valence-corrected chi connectivity index (χ2v) is 6.84. The third-order valence-electron chi connectivity index (χ3n) is 4.24. The first kappa shape index (κ1) is 17.8. The van der Waals surface area contributed by atoms with Gasteiger partial charge < -0.3 is 4.74 Å². The number of rotatable bonds is 5. The van der Waals surface area contributed by atoms with Gasteiger partial charge in [-0.1, -0.05) is 12.1 Å². The van der Waals surface area contributed by atoms with Gasteiger partial charge in [-0.15, -0.1) is 11.3 Å². The average Bonchev–Trinajstić information content (AvgIpc) is 3.18. The third kappa shape index (κ3) is 3.23. The van der Waals surface area contributed by atoms with E-state index in [-0.39, 0.29) is 23.2 Å². The van der Waals surface area contributed by atoms with Gasteiger partial charge in [0.2, 0.25) is 0 Å². The second kappa shape index (κ2) is 7.20. The van der Waals surface area contributed by atoms with E-state index in [0.29, 0.717) is 11.2 Å². The van der Waals surface area contributed by atoms with E-state index in [2.05, 4.69) is 9.97 Å². The highest BCUT2D eigenvalue weighted by Crippen LogP contribution is 2.32. The molecule has 2 heterocycles. The highest BCUT2D eigenvalue weighted by Gasteiger charge is 2.13. The summed E-state index contributed by atoms with van der Waals surface area (Å²) in [5.41, 5.74) is 1.50. The number of nitro groups is 1. The van der Waals surface area contributed by atoms with Crippen molar-refractivity contribution in [1.82, 2.24) is 14.5 Å². The van der Waals surface area contributed by atoms with Gasteiger partial charge >= 0.3 is 0 Å². The van der Waals surface area contributed by atoms with Crippen LogP contribution in [0.3, 0.4) is 0 Å². The fourth-order valence-electron chi connectivity index (χ4n) is 2.87. The van der Waals surface area contributed by atoms with Crippen molar-refractivity contribution in [3.05, 3.63) is 80.3 Å². The highest BCUT2D eigenvalue weighted by molar-refractivity contribution is 7.13. The lowest BCUT2D eigenvalue weighted by molar-refractivity contribution is -0.384. The predicted molar refractivity (Wildman–Crippen MR) is 106 cm³/mol. The molecule has 0 bridgehead atoms. The fourth-order valence-corrected chi connectivity index (χ4v) is 3.71. The standard InChI is InChI=1S/C19H14N4O4S/c1-27-17-5-3-2-4-14(17)18-21-12(10-28-18)9-22-11-20-16-7-6-13(23(25)26)8-15(16)19(22)24/h2-8,10-11H,9H2,1H3. The molecule has 0 atom stereocenters. The van der Waals surface area contributed by atoms with Crippen molar-refractivity contribution < 1.29 is 9.66 Å². The molecule has 0 aliphatic carbocycles. The smallest absolute Gasteiger partial charge is 0.270 e. The molecule has 9 heteroatoms. The van der Waals surface area contributed by atoms with Crippen LogP contribution in [0.5, 0.6) is 5.75 Å². The van der Waals surface area contributed by atoms with E-state index in [0.717, 1.165) is 16.3 Å². The number of para-hydroxylation sites is 1. The maximum atomic E-state index is 12.7. The molecule has 0 fully saturated rings. The van der Waals surface area contributed by atoms with Gasteiger partial charge in [0.15, 0.2) is 0 Å². The van der Waals surface area contributed by atoms with Crippen molar-refractivity contribution in [2.75, 3.05) is 7.11 Å². The minimum atomic E-state index is -0.532. The van der Waals surface area contributed by atoms with Gasteiger partial charge in [0.25, 0.3) is 11.2 Å². The fraction of sp³-hybridized carbons (Fsp3) is 0.105. The number of nitrogens with zero attached hydrogens (tertiary/aromatic N) is 4. The zero-order valence-electron chi connectivity index (χ0n) is 14.7. The van der Waals surface area contributed by atoms with E-state index in [1.54, 1.807) is 7.11 Å². The van der Waals surface area contributed by atoms with Crippen LogP contribution >= 0.6 is 11.3 Å². The Morgan fingerprint density at radius 1 is 1.25 bits per heavy atom. The predicted octanol–water partition coefficient (Wildman–Crippen LogP) is 3.49. The zero-order chi connectivity index (χ0) is 19.7. The Labute approximate surface area is 162 Å². The molecule has 0 N–H and O–H groups in total. The first-order chi connectivity index (χ1) is 13.6. The SMILES string of the molecule is COc1ccccc1-c1nc(Cn2cnc3ccc([N+](=O)[O-])cc3c2=O)cs1. The van der Waals surface area contributed by atoms with Crippen LogP contribution in [0.15, 0.2) is 59.0 Å². The van der Waals surface area contributed by atoms with Crippen LogP contribution in [0.2, 0.25) is 0 Å². The van der Waals surface area contributed by atoms with Crippen molar-refractivity contribution >= 4 is 27.9 Å². The molecule has 0 saturated carbocycles. The number of thiazole rings is 1. The quantitative estimate of drug-likeness (QED) is 0.379. The first-order valence-corrected chi connectivity index (χ1v) is 9.16. The minimum Gasteiger partial charge on any atom is -0.496 e. The minimum absolute atomic E-state index is 0.142. The van der Waals surface area contributed by atoms with E-state index in [4.69, 9.17) is 4.74 Å². The maximum absolute atomic E-state index is 12.7. The number of fused-ring (bicyclic) bond motifs is 1. The molecule has 2 aromatic heterocycles. The Hall–Kier alpha value is -3.59. The first-order valence-electron chi connectivity index (χ1n) is 8.28. The van der Waals surface area contributed by atoms with Crippen molar-refractivity contribution in [1.29, 1.82) is 0 Å². The summed E-state index contributed by atoms with van der Waals surface area (Å²) in [6, 6.07) is 11.6. The molecule has 0 aliphatic heterocycles. The van der Waals surface area contributed by atoms with Gasteiger partial charge in [0.1, 0.15) is 10.8 Å². The van der Waals surface area contributed by atoms with Gasteiger partial charge in [-0.25, -0.2) is 9.97 Å². The van der Waals surface area contributed by atoms with Crippen molar-refractivity contribution in [2.45, 2.75) is 6.54 Å². The van der Waals surface area contributed by atoms with E-state index < -0.39 is 4.92 Å². The van der Waals surface area contributed by atoms with E-state index in [1.807, 2.05) is 29.6 Å². The normalized spacial score (nSPS) is 10.9. The topological polar surface area (TPSA) is 100 Å². The molecule has 140 valence electrons. The van der Waals surface area contributed by atoms with E-state index in [1.165, 1.54) is 40.4 Å². The van der Waals surface area contributed by atoms with Crippen molar-refractivity contribution in [2.24, 2.45) is 0 Å². The summed E-state index contributed by atoms with van der Waals surface area (Å²) in [7, 11) is 1.60. The summed E-state index contributed by atoms with van der Waals surface area (Å²) in [6.45, 7) is 0.218. The summed E-state index contributed by atoms with van der Waals surface area (Å²) < 4.78 is 6.77. The molecule has 2 aromatic carbocycles. The number of benzene rings is 2. The molecular weight excluding hydrogens is 380 g/mol. The second-order valence-electron chi connectivity index (χ2n) is 5.98. The number of aromatic nitrogens is 3. The summed E-state index contributed by atoms with van der Waals surface area (Å²) in [6.07, 6.45) is 1.43. The lowest BCUT2D eigenvalue weighted by Gasteiger charge is -2.06. The molecule has 0 radical (unpaired) electrons. The Bertz CT molecular complexity index is 1250. The van der Waals surface area contributed by atoms with Gasteiger partial charge in [0.05, 0.1) is 47.1 Å². The van der Waals surface area contributed by atoms with Gasteiger partial charge in [-0.05, 0) is 18.2 Å². The van der Waals surface area contributed by atoms with Crippen LogP contribution < -0.4 is 10.3 Å². The third-order valence-corrected chi connectivity index (χ3v) is 5.16. The summed E-state index contributed by atoms with van der Waals surface area (Å²) >= 11 is 1.45. The van der Waals surface area contributed by atoms with Crippen molar-refractivity contribution in [3.63, 3.8) is 0 Å². The molecule has 4 aromatic rings. The molecule has 0 amide bonds. The van der Waals surface area contributed by atoms with Crippen LogP contribution in [0.4, 0.5) is 5.69 Å². The number of hydrogen-bond acceptors (Lipinski definition) is 7. The van der Waals surface area contributed by atoms with Crippen LogP contribution in [0.1, 0.15) is 5.69 Å². The molecule has 0 spiro atoms. The lowest BCUT2D eigenvalue weighted by Crippen LogP contribution is -2.21. The Balaban J connectivity index is 1.69. The number of ether oxygens (including phenoxy) is 1. The lowest BCUT2D eigenvalue weighted by atomic mass is 10.2. The maximum Gasteiger partial charge on any atom is 0.270 e. The average molecular weight is 394 g/mol. The number of non-ortho nitro benzene ring substituents is 1. The zero-order valence-corrected chi connectivity index (χ0v) is 15.5. The molecule has 28 heavy (non-hydrogen) atoms. The number of hydrogen-bond donors (Lipinski definition) is 0. The Morgan fingerprint density at radius 2 is 2.07 bits per heavy atom. The summed E-state index contributed by atoms with van der Waals surface area (Å²) in [5.74, 6) is 0.722. The number of nitro benzene ring substituents is 1. The van der Waals surface area contributed by atoms with Crippen molar-refractivity contribution in [3.8, 4) is 16.3 Å².